The lowest BCUT2D eigenvalue weighted by atomic mass is 9.84. The van der Waals surface area contributed by atoms with Gasteiger partial charge in [-0.05, 0) is 6.07 Å². The largest absolute Gasteiger partial charge is 0.465 e. The fourth-order valence-corrected chi connectivity index (χ4v) is 3.44. The van der Waals surface area contributed by atoms with Crippen molar-refractivity contribution in [1.29, 1.82) is 0 Å². The molecular weight excluding hydrogens is 440 g/mol. The van der Waals surface area contributed by atoms with Crippen molar-refractivity contribution in [3.8, 4) is 0 Å². The Hall–Kier alpha value is -3.45. The predicted molar refractivity (Wildman–Crippen MR) is 101 cm³/mol. The summed E-state index contributed by atoms with van der Waals surface area (Å²) in [6, 6.07) is 0.782. The van der Waals surface area contributed by atoms with Gasteiger partial charge in [-0.1, -0.05) is 5.16 Å². The van der Waals surface area contributed by atoms with Crippen LogP contribution in [0.3, 0.4) is 0 Å². The molecule has 2 amide bonds. The van der Waals surface area contributed by atoms with Gasteiger partial charge in [0.2, 0.25) is 5.95 Å². The van der Waals surface area contributed by atoms with E-state index in [1.165, 1.54) is 18.0 Å². The molecule has 0 aromatic carbocycles. The number of amides is 2. The van der Waals surface area contributed by atoms with Gasteiger partial charge in [-0.3, -0.25) is 4.79 Å². The molecule has 2 aromatic rings. The molecular formula is C18H20F4N6O4. The van der Waals surface area contributed by atoms with Gasteiger partial charge >= 0.3 is 12.3 Å². The minimum absolute atomic E-state index is 0.0322. The van der Waals surface area contributed by atoms with Crippen LogP contribution in [-0.2, 0) is 12.6 Å². The second-order valence-electron chi connectivity index (χ2n) is 7.23. The number of alkyl halides is 4. The summed E-state index contributed by atoms with van der Waals surface area (Å²) in [7, 11) is 1.39. The molecule has 3 rings (SSSR count). The Morgan fingerprint density at radius 3 is 2.62 bits per heavy atom. The van der Waals surface area contributed by atoms with Crippen molar-refractivity contribution in [2.75, 3.05) is 25.0 Å². The molecule has 0 saturated carbocycles. The van der Waals surface area contributed by atoms with Crippen LogP contribution in [0.4, 0.5) is 28.3 Å². The molecule has 0 aliphatic carbocycles. The minimum Gasteiger partial charge on any atom is -0.465 e. The van der Waals surface area contributed by atoms with Crippen LogP contribution in [0.1, 0.15) is 34.8 Å². The van der Waals surface area contributed by atoms with E-state index < -0.39 is 35.6 Å². The maximum Gasteiger partial charge on any atom is 0.433 e. The number of carbonyl (C=O) groups is 2. The molecule has 32 heavy (non-hydrogen) atoms. The number of hydrogen-bond donors (Lipinski definition) is 3. The maximum atomic E-state index is 15.8. The summed E-state index contributed by atoms with van der Waals surface area (Å²) in [6.07, 6.45) is -5.74. The van der Waals surface area contributed by atoms with Crippen LogP contribution in [0.2, 0.25) is 0 Å². The van der Waals surface area contributed by atoms with Crippen molar-refractivity contribution in [3.05, 3.63) is 35.5 Å². The zero-order valence-corrected chi connectivity index (χ0v) is 16.8. The molecule has 1 fully saturated rings. The third-order valence-corrected chi connectivity index (χ3v) is 5.16. The fourth-order valence-electron chi connectivity index (χ4n) is 3.44. The molecule has 2 aromatic heterocycles. The second kappa shape index (κ2) is 8.96. The quantitative estimate of drug-likeness (QED) is 0.558. The predicted octanol–water partition coefficient (Wildman–Crippen LogP) is 2.03. The Labute approximate surface area is 179 Å². The second-order valence-corrected chi connectivity index (χ2v) is 7.23. The highest BCUT2D eigenvalue weighted by molar-refractivity contribution is 5.91. The molecule has 174 valence electrons. The fraction of sp³-hybridized carbons (Fsp3) is 0.500. The lowest BCUT2D eigenvalue weighted by molar-refractivity contribution is -0.141. The average Bonchev–Trinajstić information content (AvgIpc) is 3.21. The average molecular weight is 460 g/mol. The third-order valence-electron chi connectivity index (χ3n) is 5.16. The Morgan fingerprint density at radius 2 is 2.03 bits per heavy atom. The molecule has 10 nitrogen and oxygen atoms in total. The summed E-state index contributed by atoms with van der Waals surface area (Å²) in [6.45, 7) is -0.0645. The molecule has 0 spiro atoms. The summed E-state index contributed by atoms with van der Waals surface area (Å²) < 4.78 is 59.5. The Kier molecular flexibility index (Phi) is 6.50. The number of halogens is 4. The summed E-state index contributed by atoms with van der Waals surface area (Å²) in [4.78, 5) is 31.6. The van der Waals surface area contributed by atoms with Crippen molar-refractivity contribution >= 4 is 17.9 Å². The first-order valence-electron chi connectivity index (χ1n) is 9.53. The van der Waals surface area contributed by atoms with Crippen LogP contribution in [0.25, 0.3) is 0 Å². The van der Waals surface area contributed by atoms with Gasteiger partial charge in [0.05, 0.1) is 6.04 Å². The molecule has 1 aliphatic heterocycles. The minimum atomic E-state index is -4.64. The molecule has 1 aliphatic rings. The Balaban J connectivity index is 1.73. The van der Waals surface area contributed by atoms with Crippen LogP contribution in [-0.4, -0.2) is 64.1 Å². The first-order valence-corrected chi connectivity index (χ1v) is 9.53. The first kappa shape index (κ1) is 23.2. The first-order chi connectivity index (χ1) is 15.0. The molecule has 1 atom stereocenters. The van der Waals surface area contributed by atoms with Gasteiger partial charge in [-0.25, -0.2) is 19.2 Å². The number of aromatic nitrogens is 3. The lowest BCUT2D eigenvalue weighted by Crippen LogP contribution is -2.56. The highest BCUT2D eigenvalue weighted by atomic mass is 19.4. The standard InChI is InChI=1S/C18H20F4N6O4/c1-23-14(29)11-8-10(32-27-11)9-13(26-16(30)31)17(19)3-6-28(7-4-17)15-24-5-2-12(25-15)18(20,21)22/h2,5,8,13,26H,3-4,6-7,9H2,1H3,(H,23,29)(H,30,31). The van der Waals surface area contributed by atoms with E-state index in [0.717, 1.165) is 12.3 Å². The number of piperidine rings is 1. The molecule has 1 unspecified atom stereocenters. The van der Waals surface area contributed by atoms with Gasteiger partial charge in [-0.15, -0.1) is 0 Å². The maximum absolute atomic E-state index is 15.8. The number of anilines is 1. The van der Waals surface area contributed by atoms with E-state index in [0.29, 0.717) is 0 Å². The molecule has 0 bridgehead atoms. The van der Waals surface area contributed by atoms with E-state index in [2.05, 4.69) is 25.8 Å². The summed E-state index contributed by atoms with van der Waals surface area (Å²) in [5, 5.41) is 17.2. The third kappa shape index (κ3) is 5.23. The number of rotatable bonds is 6. The highest BCUT2D eigenvalue weighted by Gasteiger charge is 2.44. The SMILES string of the molecule is CNC(=O)c1cc(CC(NC(=O)O)C2(F)CCN(c3nccc(C(F)(F)F)n3)CC2)on1. The number of carboxylic acid groups (broad SMARTS) is 1. The number of hydrogen-bond acceptors (Lipinski definition) is 7. The molecule has 1 saturated heterocycles. The monoisotopic (exact) mass is 460 g/mol. The topological polar surface area (TPSA) is 133 Å². The van der Waals surface area contributed by atoms with Gasteiger partial charge in [-0.2, -0.15) is 13.2 Å². The van der Waals surface area contributed by atoms with E-state index in [9.17, 15) is 22.8 Å². The number of nitrogens with one attached hydrogen (secondary N) is 2. The van der Waals surface area contributed by atoms with Crippen molar-refractivity contribution in [2.24, 2.45) is 0 Å². The number of nitrogens with zero attached hydrogens (tertiary/aromatic N) is 4. The van der Waals surface area contributed by atoms with Gasteiger partial charge in [0.25, 0.3) is 5.91 Å². The lowest BCUT2D eigenvalue weighted by Gasteiger charge is -2.40. The van der Waals surface area contributed by atoms with Crippen LogP contribution < -0.4 is 15.5 Å². The van der Waals surface area contributed by atoms with Crippen LogP contribution in [0.5, 0.6) is 0 Å². The zero-order valence-electron chi connectivity index (χ0n) is 16.8. The Morgan fingerprint density at radius 1 is 1.34 bits per heavy atom. The summed E-state index contributed by atoms with van der Waals surface area (Å²) in [5.41, 5.74) is -3.18. The zero-order chi connectivity index (χ0) is 23.5. The van der Waals surface area contributed by atoms with Gasteiger partial charge in [0.1, 0.15) is 17.1 Å². The van der Waals surface area contributed by atoms with Crippen molar-refractivity contribution in [2.45, 2.75) is 37.1 Å². The van der Waals surface area contributed by atoms with Crippen molar-refractivity contribution in [3.63, 3.8) is 0 Å². The summed E-state index contributed by atoms with van der Waals surface area (Å²) >= 11 is 0. The van der Waals surface area contributed by atoms with Crippen LogP contribution in [0.15, 0.2) is 22.9 Å². The van der Waals surface area contributed by atoms with E-state index >= 15 is 4.39 Å². The van der Waals surface area contributed by atoms with E-state index in [1.807, 2.05) is 0 Å². The molecule has 3 heterocycles. The normalized spacial score (nSPS) is 17.0. The molecule has 0 radical (unpaired) electrons. The molecule has 3 N–H and O–H groups in total. The van der Waals surface area contributed by atoms with E-state index in [-0.39, 0.29) is 49.8 Å². The van der Waals surface area contributed by atoms with Crippen molar-refractivity contribution < 1.29 is 36.8 Å². The van der Waals surface area contributed by atoms with E-state index in [4.69, 9.17) is 9.63 Å². The summed E-state index contributed by atoms with van der Waals surface area (Å²) in [5.74, 6) is -0.606. The highest BCUT2D eigenvalue weighted by Crippen LogP contribution is 2.34. The smallest absolute Gasteiger partial charge is 0.433 e. The van der Waals surface area contributed by atoms with E-state index in [1.54, 1.807) is 0 Å². The Bertz CT molecular complexity index is 974. The number of carbonyl (C=O) groups excluding carboxylic acids is 1. The van der Waals surface area contributed by atoms with Crippen LogP contribution in [0, 0.1) is 0 Å². The van der Waals surface area contributed by atoms with Gasteiger partial charge < -0.3 is 25.2 Å². The van der Waals surface area contributed by atoms with Gasteiger partial charge in [0, 0.05) is 51.7 Å². The molecule has 14 heteroatoms. The van der Waals surface area contributed by atoms with Gasteiger partial charge in [0.15, 0.2) is 5.69 Å². The van der Waals surface area contributed by atoms with Crippen LogP contribution >= 0.6 is 0 Å². The van der Waals surface area contributed by atoms with Crippen molar-refractivity contribution in [1.82, 2.24) is 25.8 Å².